The second-order valence-electron chi connectivity index (χ2n) is 6.42. The largest absolute Gasteiger partial charge is 0.472 e. The molecule has 1 atom stereocenters. The van der Waals surface area contributed by atoms with Crippen molar-refractivity contribution in [1.29, 1.82) is 0 Å². The first-order chi connectivity index (χ1) is 11.6. The van der Waals surface area contributed by atoms with Gasteiger partial charge in [0.05, 0.1) is 19.8 Å². The fourth-order valence-electron chi connectivity index (χ4n) is 3.13. The standard InChI is InChI=1S/C17H25N3O4/c1-12-10-16(19-13(2)18-12)23-15-4-3-7-20(11-15)17(21)24-14-5-8-22-9-6-14/h10,14-15H,3-9,11H2,1-2H3/t15-/m1/s1. The van der Waals surface area contributed by atoms with E-state index in [1.807, 2.05) is 19.9 Å². The average molecular weight is 335 g/mol. The molecule has 0 bridgehead atoms. The molecule has 7 heteroatoms. The van der Waals surface area contributed by atoms with Gasteiger partial charge < -0.3 is 19.1 Å². The predicted octanol–water partition coefficient (Wildman–Crippen LogP) is 2.25. The highest BCUT2D eigenvalue weighted by molar-refractivity contribution is 5.68. The number of amides is 1. The second-order valence-corrected chi connectivity index (χ2v) is 6.42. The smallest absolute Gasteiger partial charge is 0.410 e. The Morgan fingerprint density at radius 3 is 2.75 bits per heavy atom. The molecule has 24 heavy (non-hydrogen) atoms. The van der Waals surface area contributed by atoms with Crippen molar-refractivity contribution in [2.75, 3.05) is 26.3 Å². The van der Waals surface area contributed by atoms with Crippen molar-refractivity contribution >= 4 is 6.09 Å². The molecule has 0 aliphatic carbocycles. The highest BCUT2D eigenvalue weighted by Gasteiger charge is 2.28. The number of rotatable bonds is 3. The summed E-state index contributed by atoms with van der Waals surface area (Å²) in [7, 11) is 0. The maximum absolute atomic E-state index is 12.4. The molecule has 2 aliphatic heterocycles. The number of piperidine rings is 1. The summed E-state index contributed by atoms with van der Waals surface area (Å²) in [4.78, 5) is 22.7. The Labute approximate surface area is 142 Å². The van der Waals surface area contributed by atoms with Crippen LogP contribution in [0.5, 0.6) is 5.88 Å². The van der Waals surface area contributed by atoms with Crippen molar-refractivity contribution in [2.45, 2.75) is 51.7 Å². The van der Waals surface area contributed by atoms with E-state index in [4.69, 9.17) is 14.2 Å². The van der Waals surface area contributed by atoms with Crippen LogP contribution in [0.4, 0.5) is 4.79 Å². The van der Waals surface area contributed by atoms with Gasteiger partial charge in [-0.05, 0) is 26.7 Å². The zero-order chi connectivity index (χ0) is 16.9. The number of hydrogen-bond donors (Lipinski definition) is 0. The van der Waals surface area contributed by atoms with E-state index in [1.54, 1.807) is 4.90 Å². The van der Waals surface area contributed by atoms with Gasteiger partial charge in [0.2, 0.25) is 5.88 Å². The van der Waals surface area contributed by atoms with Gasteiger partial charge in [0.1, 0.15) is 18.0 Å². The molecular weight excluding hydrogens is 310 g/mol. The number of likely N-dealkylation sites (tertiary alicyclic amines) is 1. The summed E-state index contributed by atoms with van der Waals surface area (Å²) in [6.07, 6.45) is 3.03. The van der Waals surface area contributed by atoms with E-state index >= 15 is 0 Å². The van der Waals surface area contributed by atoms with Crippen LogP contribution in [0.25, 0.3) is 0 Å². The SMILES string of the molecule is Cc1cc(O[C@@H]2CCCN(C(=O)OC3CCOCC3)C2)nc(C)n1. The van der Waals surface area contributed by atoms with Crippen molar-refractivity contribution in [3.8, 4) is 5.88 Å². The number of aromatic nitrogens is 2. The van der Waals surface area contributed by atoms with E-state index in [2.05, 4.69) is 9.97 Å². The molecule has 1 aromatic rings. The first-order valence-corrected chi connectivity index (χ1v) is 8.62. The fraction of sp³-hybridized carbons (Fsp3) is 0.706. The Morgan fingerprint density at radius 2 is 2.00 bits per heavy atom. The van der Waals surface area contributed by atoms with Crippen LogP contribution in [0, 0.1) is 13.8 Å². The monoisotopic (exact) mass is 335 g/mol. The third-order valence-electron chi connectivity index (χ3n) is 4.30. The van der Waals surface area contributed by atoms with Gasteiger partial charge in [-0.2, -0.15) is 4.98 Å². The van der Waals surface area contributed by atoms with Crippen LogP contribution in [-0.2, 0) is 9.47 Å². The number of carbonyl (C=O) groups is 1. The molecule has 2 fully saturated rings. The minimum atomic E-state index is -0.245. The molecule has 0 spiro atoms. The van der Waals surface area contributed by atoms with Crippen LogP contribution in [0.1, 0.15) is 37.2 Å². The summed E-state index contributed by atoms with van der Waals surface area (Å²) in [6.45, 7) is 6.33. The maximum Gasteiger partial charge on any atom is 0.410 e. The molecule has 3 rings (SSSR count). The summed E-state index contributed by atoms with van der Waals surface area (Å²) >= 11 is 0. The topological polar surface area (TPSA) is 73.8 Å². The normalized spacial score (nSPS) is 22.2. The molecular formula is C17H25N3O4. The minimum Gasteiger partial charge on any atom is -0.472 e. The zero-order valence-corrected chi connectivity index (χ0v) is 14.4. The molecule has 0 radical (unpaired) electrons. The maximum atomic E-state index is 12.4. The van der Waals surface area contributed by atoms with Crippen LogP contribution in [0.2, 0.25) is 0 Å². The molecule has 2 saturated heterocycles. The van der Waals surface area contributed by atoms with E-state index in [0.717, 1.165) is 31.4 Å². The van der Waals surface area contributed by atoms with Gasteiger partial charge >= 0.3 is 6.09 Å². The van der Waals surface area contributed by atoms with Crippen LogP contribution < -0.4 is 4.74 Å². The van der Waals surface area contributed by atoms with Gasteiger partial charge in [0, 0.05) is 31.1 Å². The van der Waals surface area contributed by atoms with E-state index in [9.17, 15) is 4.79 Å². The van der Waals surface area contributed by atoms with Gasteiger partial charge in [0.15, 0.2) is 0 Å². The van der Waals surface area contributed by atoms with E-state index in [-0.39, 0.29) is 18.3 Å². The predicted molar refractivity (Wildman–Crippen MR) is 87.1 cm³/mol. The molecule has 7 nitrogen and oxygen atoms in total. The molecule has 1 amide bonds. The molecule has 1 aromatic heterocycles. The van der Waals surface area contributed by atoms with Gasteiger partial charge in [-0.15, -0.1) is 0 Å². The third kappa shape index (κ3) is 4.56. The number of aryl methyl sites for hydroxylation is 2. The van der Waals surface area contributed by atoms with Crippen LogP contribution in [-0.4, -0.2) is 59.5 Å². The summed E-state index contributed by atoms with van der Waals surface area (Å²) in [5.41, 5.74) is 0.879. The van der Waals surface area contributed by atoms with Gasteiger partial charge in [-0.25, -0.2) is 9.78 Å². The molecule has 0 aromatic carbocycles. The molecule has 2 aliphatic rings. The Morgan fingerprint density at radius 1 is 1.21 bits per heavy atom. The third-order valence-corrected chi connectivity index (χ3v) is 4.30. The molecule has 0 N–H and O–H groups in total. The van der Waals surface area contributed by atoms with Crippen molar-refractivity contribution in [3.05, 3.63) is 17.6 Å². The Balaban J connectivity index is 1.54. The fourth-order valence-corrected chi connectivity index (χ4v) is 3.13. The second kappa shape index (κ2) is 7.79. The van der Waals surface area contributed by atoms with E-state index in [1.165, 1.54) is 0 Å². The molecule has 0 saturated carbocycles. The highest BCUT2D eigenvalue weighted by atomic mass is 16.6. The number of hydrogen-bond acceptors (Lipinski definition) is 6. The first-order valence-electron chi connectivity index (χ1n) is 8.62. The van der Waals surface area contributed by atoms with Crippen LogP contribution >= 0.6 is 0 Å². The summed E-state index contributed by atoms with van der Waals surface area (Å²) < 4.78 is 16.9. The lowest BCUT2D eigenvalue weighted by molar-refractivity contribution is -0.0175. The van der Waals surface area contributed by atoms with Crippen molar-refractivity contribution in [1.82, 2.24) is 14.9 Å². The van der Waals surface area contributed by atoms with Crippen LogP contribution in [0.3, 0.4) is 0 Å². The quantitative estimate of drug-likeness (QED) is 0.843. The molecule has 3 heterocycles. The summed E-state index contributed by atoms with van der Waals surface area (Å²) in [5, 5.41) is 0. The minimum absolute atomic E-state index is 0.0280. The lowest BCUT2D eigenvalue weighted by Crippen LogP contribution is -2.46. The Hall–Kier alpha value is -1.89. The van der Waals surface area contributed by atoms with Crippen molar-refractivity contribution < 1.29 is 19.0 Å². The first kappa shape index (κ1) is 17.0. The van der Waals surface area contributed by atoms with Crippen LogP contribution in [0.15, 0.2) is 6.07 Å². The molecule has 132 valence electrons. The van der Waals surface area contributed by atoms with Crippen molar-refractivity contribution in [2.24, 2.45) is 0 Å². The van der Waals surface area contributed by atoms with Gasteiger partial charge in [0.25, 0.3) is 0 Å². The number of carbonyl (C=O) groups excluding carboxylic acids is 1. The van der Waals surface area contributed by atoms with Gasteiger partial charge in [-0.3, -0.25) is 0 Å². The Bertz CT molecular complexity index is 555. The number of nitrogens with zero attached hydrogens (tertiary/aromatic N) is 3. The lowest BCUT2D eigenvalue weighted by Gasteiger charge is -2.33. The molecule has 0 unspecified atom stereocenters. The van der Waals surface area contributed by atoms with E-state index < -0.39 is 0 Å². The number of ether oxygens (including phenoxy) is 3. The lowest BCUT2D eigenvalue weighted by atomic mass is 10.1. The zero-order valence-electron chi connectivity index (χ0n) is 14.4. The Kier molecular flexibility index (Phi) is 5.50. The van der Waals surface area contributed by atoms with E-state index in [0.29, 0.717) is 38.0 Å². The highest BCUT2D eigenvalue weighted by Crippen LogP contribution is 2.19. The summed E-state index contributed by atoms with van der Waals surface area (Å²) in [5.74, 6) is 1.27. The summed E-state index contributed by atoms with van der Waals surface area (Å²) in [6, 6.07) is 1.83. The van der Waals surface area contributed by atoms with Gasteiger partial charge in [-0.1, -0.05) is 0 Å². The van der Waals surface area contributed by atoms with Crippen molar-refractivity contribution in [3.63, 3.8) is 0 Å². The average Bonchev–Trinajstić information content (AvgIpc) is 2.55.